The molecule has 5 rings (SSSR count). The van der Waals surface area contributed by atoms with E-state index in [1.165, 1.54) is 17.0 Å². The number of methoxy groups -OCH3 is 1. The number of amides is 1. The second-order valence-corrected chi connectivity index (χ2v) is 9.95. The summed E-state index contributed by atoms with van der Waals surface area (Å²) in [6.07, 6.45) is 2.23. The lowest BCUT2D eigenvalue weighted by Crippen LogP contribution is -2.54. The SMILES string of the molecule is CCC(=O)N1CCC2(CC1)CN(Cc1cccc(F)c1)[C@@H](CO)c1c2c2ccc(OC)cc2n1C. The zero-order valence-corrected chi connectivity index (χ0v) is 20.8. The van der Waals surface area contributed by atoms with E-state index in [2.05, 4.69) is 28.6 Å². The van der Waals surface area contributed by atoms with Gasteiger partial charge in [-0.15, -0.1) is 0 Å². The Labute approximate surface area is 205 Å². The number of rotatable bonds is 5. The van der Waals surface area contributed by atoms with Gasteiger partial charge in [0.2, 0.25) is 5.91 Å². The van der Waals surface area contributed by atoms with Gasteiger partial charge in [0.25, 0.3) is 0 Å². The van der Waals surface area contributed by atoms with Gasteiger partial charge in [0.05, 0.1) is 25.3 Å². The highest BCUT2D eigenvalue weighted by Gasteiger charge is 2.48. The number of carbonyl (C=O) groups is 1. The minimum absolute atomic E-state index is 0.0276. The molecule has 2 aliphatic rings. The van der Waals surface area contributed by atoms with Crippen molar-refractivity contribution in [1.82, 2.24) is 14.4 Å². The van der Waals surface area contributed by atoms with Crippen LogP contribution in [-0.4, -0.2) is 58.7 Å². The molecule has 35 heavy (non-hydrogen) atoms. The Balaban J connectivity index is 1.64. The number of hydrogen-bond donors (Lipinski definition) is 1. The molecule has 1 N–H and O–H groups in total. The topological polar surface area (TPSA) is 57.9 Å². The highest BCUT2D eigenvalue weighted by molar-refractivity contribution is 5.88. The first-order valence-corrected chi connectivity index (χ1v) is 12.4. The van der Waals surface area contributed by atoms with Crippen LogP contribution in [0.15, 0.2) is 42.5 Å². The predicted molar refractivity (Wildman–Crippen MR) is 134 cm³/mol. The Hall–Kier alpha value is -2.90. The van der Waals surface area contributed by atoms with E-state index in [4.69, 9.17) is 4.74 Å². The Morgan fingerprint density at radius 2 is 1.97 bits per heavy atom. The average Bonchev–Trinajstić information content (AvgIpc) is 3.17. The van der Waals surface area contributed by atoms with Crippen molar-refractivity contribution in [2.24, 2.45) is 7.05 Å². The van der Waals surface area contributed by atoms with Gasteiger partial charge in [-0.25, -0.2) is 4.39 Å². The fraction of sp³-hybridized carbons (Fsp3) is 0.464. The van der Waals surface area contributed by atoms with E-state index >= 15 is 0 Å². The fourth-order valence-corrected chi connectivity index (χ4v) is 6.31. The lowest BCUT2D eigenvalue weighted by molar-refractivity contribution is -0.132. The van der Waals surface area contributed by atoms with E-state index < -0.39 is 0 Å². The summed E-state index contributed by atoms with van der Waals surface area (Å²) in [5, 5.41) is 11.8. The van der Waals surface area contributed by atoms with Crippen LogP contribution in [0.5, 0.6) is 5.75 Å². The number of likely N-dealkylation sites (tertiary alicyclic amines) is 1. The summed E-state index contributed by atoms with van der Waals surface area (Å²) < 4.78 is 21.7. The van der Waals surface area contributed by atoms with Gasteiger partial charge in [0, 0.05) is 62.2 Å². The predicted octanol–water partition coefficient (Wildman–Crippen LogP) is 4.15. The normalized spacial score (nSPS) is 19.8. The maximum absolute atomic E-state index is 14.0. The molecular weight excluding hydrogens is 445 g/mol. The standard InChI is InChI=1S/C28H34FN3O3/c1-4-25(34)31-12-10-28(11-13-31)18-32(16-19-6-5-7-20(29)14-19)24(17-33)27-26(28)22-9-8-21(35-3)15-23(22)30(27)2/h5-9,14-15,24,33H,4,10-13,16-18H2,1-3H3/t24-/m0/s1. The second-order valence-electron chi connectivity index (χ2n) is 9.95. The molecule has 0 radical (unpaired) electrons. The van der Waals surface area contributed by atoms with Crippen molar-refractivity contribution in [2.75, 3.05) is 33.4 Å². The van der Waals surface area contributed by atoms with Crippen LogP contribution >= 0.6 is 0 Å². The van der Waals surface area contributed by atoms with Gasteiger partial charge in [-0.3, -0.25) is 9.69 Å². The van der Waals surface area contributed by atoms with Crippen LogP contribution in [-0.2, 0) is 23.8 Å². The van der Waals surface area contributed by atoms with Gasteiger partial charge < -0.3 is 19.3 Å². The number of halogens is 1. The van der Waals surface area contributed by atoms with Gasteiger partial charge in [-0.2, -0.15) is 0 Å². The number of aryl methyl sites for hydroxylation is 1. The van der Waals surface area contributed by atoms with Crippen molar-refractivity contribution in [3.63, 3.8) is 0 Å². The van der Waals surface area contributed by atoms with E-state index in [0.717, 1.165) is 55.0 Å². The van der Waals surface area contributed by atoms with E-state index in [1.54, 1.807) is 19.2 Å². The molecule has 1 atom stereocenters. The average molecular weight is 480 g/mol. The van der Waals surface area contributed by atoms with E-state index in [-0.39, 0.29) is 29.8 Å². The first-order valence-electron chi connectivity index (χ1n) is 12.4. The summed E-state index contributed by atoms with van der Waals surface area (Å²) in [6, 6.07) is 12.7. The fourth-order valence-electron chi connectivity index (χ4n) is 6.31. The lowest BCUT2D eigenvalue weighted by atomic mass is 9.68. The minimum Gasteiger partial charge on any atom is -0.497 e. The number of aliphatic hydroxyl groups excluding tert-OH is 1. The first kappa shape index (κ1) is 23.8. The highest BCUT2D eigenvalue weighted by Crippen LogP contribution is 2.50. The third kappa shape index (κ3) is 4.00. The monoisotopic (exact) mass is 479 g/mol. The van der Waals surface area contributed by atoms with Gasteiger partial charge in [0.15, 0.2) is 0 Å². The molecule has 186 valence electrons. The second kappa shape index (κ2) is 9.28. The quantitative estimate of drug-likeness (QED) is 0.598. The number of benzene rings is 2. The zero-order chi connectivity index (χ0) is 24.7. The lowest BCUT2D eigenvalue weighted by Gasteiger charge is -2.50. The van der Waals surface area contributed by atoms with Gasteiger partial charge in [0.1, 0.15) is 11.6 Å². The number of nitrogens with zero attached hydrogens (tertiary/aromatic N) is 3. The van der Waals surface area contributed by atoms with Gasteiger partial charge >= 0.3 is 0 Å². The summed E-state index contributed by atoms with van der Waals surface area (Å²) in [5.41, 5.74) is 4.20. The maximum atomic E-state index is 14.0. The van der Waals surface area contributed by atoms with Crippen LogP contribution in [0.4, 0.5) is 4.39 Å². The molecule has 0 unspecified atom stereocenters. The first-order chi connectivity index (χ1) is 16.9. The third-order valence-electron chi connectivity index (χ3n) is 8.07. The number of hydrogen-bond acceptors (Lipinski definition) is 4. The van der Waals surface area contributed by atoms with Crippen molar-refractivity contribution in [2.45, 2.75) is 44.2 Å². The molecule has 1 amide bonds. The number of ether oxygens (including phenoxy) is 1. The summed E-state index contributed by atoms with van der Waals surface area (Å²) in [4.78, 5) is 16.7. The molecule has 6 nitrogen and oxygen atoms in total. The molecule has 2 aliphatic heterocycles. The van der Waals surface area contributed by atoms with Crippen molar-refractivity contribution in [1.29, 1.82) is 0 Å². The number of carbonyl (C=O) groups excluding carboxylic acids is 1. The van der Waals surface area contributed by atoms with E-state index in [9.17, 15) is 14.3 Å². The smallest absolute Gasteiger partial charge is 0.222 e. The molecule has 7 heteroatoms. The molecule has 2 aromatic carbocycles. The molecule has 1 aromatic heterocycles. The van der Waals surface area contributed by atoms with Crippen LogP contribution in [0.3, 0.4) is 0 Å². The Kier molecular flexibility index (Phi) is 6.32. The number of piperidine rings is 1. The maximum Gasteiger partial charge on any atom is 0.222 e. The highest BCUT2D eigenvalue weighted by atomic mass is 19.1. The number of aromatic nitrogens is 1. The molecule has 0 aliphatic carbocycles. The summed E-state index contributed by atoms with van der Waals surface area (Å²) in [5.74, 6) is 0.743. The van der Waals surface area contributed by atoms with Crippen LogP contribution < -0.4 is 4.74 Å². The van der Waals surface area contributed by atoms with Crippen molar-refractivity contribution < 1.29 is 19.0 Å². The number of fused-ring (bicyclic) bond motifs is 4. The third-order valence-corrected chi connectivity index (χ3v) is 8.07. The minimum atomic E-state index is -0.251. The van der Waals surface area contributed by atoms with Crippen LogP contribution in [0.1, 0.15) is 49.0 Å². The Bertz CT molecular complexity index is 1250. The van der Waals surface area contributed by atoms with Crippen molar-refractivity contribution in [3.8, 4) is 5.75 Å². The molecule has 1 fully saturated rings. The molecule has 1 spiro atoms. The van der Waals surface area contributed by atoms with Crippen molar-refractivity contribution >= 4 is 16.8 Å². The summed E-state index contributed by atoms with van der Waals surface area (Å²) >= 11 is 0. The van der Waals surface area contributed by atoms with E-state index in [0.29, 0.717) is 13.0 Å². The number of aliphatic hydroxyl groups is 1. The van der Waals surface area contributed by atoms with Crippen LogP contribution in [0.25, 0.3) is 10.9 Å². The Morgan fingerprint density at radius 3 is 2.63 bits per heavy atom. The van der Waals surface area contributed by atoms with Gasteiger partial charge in [-0.05, 0) is 48.2 Å². The molecular formula is C28H34FN3O3. The van der Waals surface area contributed by atoms with Gasteiger partial charge in [-0.1, -0.05) is 19.1 Å². The molecule has 3 aromatic rings. The summed E-state index contributed by atoms with van der Waals surface area (Å²) in [6.45, 7) is 4.62. The van der Waals surface area contributed by atoms with Crippen LogP contribution in [0.2, 0.25) is 0 Å². The summed E-state index contributed by atoms with van der Waals surface area (Å²) in [7, 11) is 3.72. The molecule has 1 saturated heterocycles. The molecule has 3 heterocycles. The van der Waals surface area contributed by atoms with Crippen molar-refractivity contribution in [3.05, 3.63) is 65.1 Å². The largest absolute Gasteiger partial charge is 0.497 e. The zero-order valence-electron chi connectivity index (χ0n) is 20.8. The Morgan fingerprint density at radius 1 is 1.20 bits per heavy atom. The van der Waals surface area contributed by atoms with E-state index in [1.807, 2.05) is 24.0 Å². The van der Waals surface area contributed by atoms with Crippen LogP contribution in [0, 0.1) is 5.82 Å². The molecule has 0 saturated carbocycles. The molecule has 0 bridgehead atoms.